The minimum atomic E-state index is 0. The van der Waals surface area contributed by atoms with Crippen LogP contribution in [0, 0.1) is 5.92 Å². The molecule has 5 nitrogen and oxygen atoms in total. The Morgan fingerprint density at radius 1 is 1.16 bits per heavy atom. The summed E-state index contributed by atoms with van der Waals surface area (Å²) in [5.41, 5.74) is 1.26. The molecule has 0 radical (unpaired) electrons. The van der Waals surface area contributed by atoms with Crippen LogP contribution < -0.4 is 5.32 Å². The molecule has 2 rings (SSSR count). The van der Waals surface area contributed by atoms with E-state index in [2.05, 4.69) is 34.0 Å². The molecule has 0 spiro atoms. The van der Waals surface area contributed by atoms with Crippen molar-refractivity contribution >= 4 is 29.9 Å². The van der Waals surface area contributed by atoms with Crippen LogP contribution in [0.3, 0.4) is 0 Å². The number of aryl methyl sites for hydroxylation is 1. The summed E-state index contributed by atoms with van der Waals surface area (Å²) in [6, 6.07) is 7.47. The SMILES string of the molecule is CN=C(NCCCc1ccc(O)cc1)N1CCN(CC(C)C)CC1.I. The van der Waals surface area contributed by atoms with Gasteiger partial charge in [-0.15, -0.1) is 24.0 Å². The van der Waals surface area contributed by atoms with E-state index in [-0.39, 0.29) is 24.0 Å². The standard InChI is InChI=1S/C19H32N4O.HI/c1-16(2)15-22-11-13-23(14-12-22)19(20-3)21-10-4-5-17-6-8-18(24)9-7-17;/h6-9,16,24H,4-5,10-15H2,1-3H3,(H,20,21);1H. The van der Waals surface area contributed by atoms with Gasteiger partial charge >= 0.3 is 0 Å². The van der Waals surface area contributed by atoms with Gasteiger partial charge in [0, 0.05) is 46.3 Å². The molecule has 1 fully saturated rings. The molecule has 0 bridgehead atoms. The molecule has 1 aliphatic rings. The Kier molecular flexibility index (Phi) is 10.2. The normalized spacial score (nSPS) is 16.0. The first kappa shape index (κ1) is 22.0. The van der Waals surface area contributed by atoms with Gasteiger partial charge in [-0.25, -0.2) is 0 Å². The number of aromatic hydroxyl groups is 1. The smallest absolute Gasteiger partial charge is 0.193 e. The van der Waals surface area contributed by atoms with Gasteiger partial charge in [0.1, 0.15) is 5.75 Å². The molecule has 1 saturated heterocycles. The van der Waals surface area contributed by atoms with E-state index in [1.807, 2.05) is 19.2 Å². The number of nitrogens with one attached hydrogen (secondary N) is 1. The quantitative estimate of drug-likeness (QED) is 0.297. The van der Waals surface area contributed by atoms with Crippen molar-refractivity contribution in [2.45, 2.75) is 26.7 Å². The lowest BCUT2D eigenvalue weighted by Crippen LogP contribution is -2.53. The number of piperazine rings is 1. The second-order valence-electron chi connectivity index (χ2n) is 6.93. The van der Waals surface area contributed by atoms with E-state index in [1.54, 1.807) is 12.1 Å². The van der Waals surface area contributed by atoms with Crippen LogP contribution in [0.1, 0.15) is 25.8 Å². The summed E-state index contributed by atoms with van der Waals surface area (Å²) in [7, 11) is 1.86. The third-order valence-corrected chi connectivity index (χ3v) is 4.37. The van der Waals surface area contributed by atoms with Crippen molar-refractivity contribution in [3.63, 3.8) is 0 Å². The third-order valence-electron chi connectivity index (χ3n) is 4.37. The molecule has 1 aromatic carbocycles. The highest BCUT2D eigenvalue weighted by Gasteiger charge is 2.19. The fourth-order valence-electron chi connectivity index (χ4n) is 3.15. The van der Waals surface area contributed by atoms with Gasteiger partial charge in [-0.2, -0.15) is 0 Å². The van der Waals surface area contributed by atoms with Gasteiger partial charge in [0.05, 0.1) is 0 Å². The zero-order valence-corrected chi connectivity index (χ0v) is 18.1. The Hall–Kier alpha value is -1.02. The van der Waals surface area contributed by atoms with E-state index >= 15 is 0 Å². The van der Waals surface area contributed by atoms with Crippen LogP contribution in [0.4, 0.5) is 0 Å². The van der Waals surface area contributed by atoms with Gasteiger partial charge in [0.2, 0.25) is 0 Å². The summed E-state index contributed by atoms with van der Waals surface area (Å²) < 4.78 is 0. The number of aliphatic imine (C=N–C) groups is 1. The Bertz CT molecular complexity index is 511. The minimum absolute atomic E-state index is 0. The lowest BCUT2D eigenvalue weighted by atomic mass is 10.1. The molecule has 0 atom stereocenters. The van der Waals surface area contributed by atoms with Gasteiger partial charge in [-0.3, -0.25) is 9.89 Å². The van der Waals surface area contributed by atoms with Gasteiger partial charge in [0.15, 0.2) is 5.96 Å². The van der Waals surface area contributed by atoms with E-state index in [1.165, 1.54) is 12.1 Å². The summed E-state index contributed by atoms with van der Waals surface area (Å²) >= 11 is 0. The summed E-state index contributed by atoms with van der Waals surface area (Å²) in [6.07, 6.45) is 2.06. The van der Waals surface area contributed by atoms with Crippen molar-refractivity contribution in [1.82, 2.24) is 15.1 Å². The van der Waals surface area contributed by atoms with E-state index in [0.717, 1.165) is 57.4 Å². The van der Waals surface area contributed by atoms with Gasteiger partial charge < -0.3 is 15.3 Å². The predicted molar refractivity (Wildman–Crippen MR) is 116 cm³/mol. The number of benzene rings is 1. The number of halogens is 1. The van der Waals surface area contributed by atoms with Crippen LogP contribution in [0.5, 0.6) is 5.75 Å². The lowest BCUT2D eigenvalue weighted by molar-refractivity contribution is 0.164. The zero-order valence-electron chi connectivity index (χ0n) is 15.7. The highest BCUT2D eigenvalue weighted by atomic mass is 127. The van der Waals surface area contributed by atoms with Crippen LogP contribution in [-0.4, -0.2) is 67.2 Å². The number of hydrogen-bond acceptors (Lipinski definition) is 3. The fourth-order valence-corrected chi connectivity index (χ4v) is 3.15. The van der Waals surface area contributed by atoms with Crippen LogP contribution in [0.15, 0.2) is 29.3 Å². The van der Waals surface area contributed by atoms with Crippen LogP contribution >= 0.6 is 24.0 Å². The van der Waals surface area contributed by atoms with Crippen molar-refractivity contribution in [1.29, 1.82) is 0 Å². The fraction of sp³-hybridized carbons (Fsp3) is 0.632. The van der Waals surface area contributed by atoms with Gasteiger partial charge in [-0.1, -0.05) is 26.0 Å². The second-order valence-corrected chi connectivity index (χ2v) is 6.93. The molecule has 1 heterocycles. The molecule has 6 heteroatoms. The van der Waals surface area contributed by atoms with Crippen LogP contribution in [0.2, 0.25) is 0 Å². The van der Waals surface area contributed by atoms with E-state index in [9.17, 15) is 5.11 Å². The zero-order chi connectivity index (χ0) is 17.4. The number of hydrogen-bond donors (Lipinski definition) is 2. The minimum Gasteiger partial charge on any atom is -0.508 e. The van der Waals surface area contributed by atoms with Crippen molar-refractivity contribution in [2.24, 2.45) is 10.9 Å². The highest BCUT2D eigenvalue weighted by Crippen LogP contribution is 2.11. The molecule has 0 aliphatic carbocycles. The second kappa shape index (κ2) is 11.6. The van der Waals surface area contributed by atoms with Crippen molar-refractivity contribution < 1.29 is 5.11 Å². The van der Waals surface area contributed by atoms with E-state index in [4.69, 9.17) is 0 Å². The summed E-state index contributed by atoms with van der Waals surface area (Å²) in [5.74, 6) is 2.08. The lowest BCUT2D eigenvalue weighted by Gasteiger charge is -2.37. The van der Waals surface area contributed by atoms with E-state index in [0.29, 0.717) is 5.75 Å². The monoisotopic (exact) mass is 460 g/mol. The molecule has 142 valence electrons. The van der Waals surface area contributed by atoms with Crippen molar-refractivity contribution in [3.05, 3.63) is 29.8 Å². The number of guanidine groups is 1. The Morgan fingerprint density at radius 3 is 2.36 bits per heavy atom. The maximum atomic E-state index is 9.31. The first-order valence-electron chi connectivity index (χ1n) is 9.04. The van der Waals surface area contributed by atoms with Gasteiger partial charge in [-0.05, 0) is 36.5 Å². The average Bonchev–Trinajstić information content (AvgIpc) is 2.57. The molecular formula is C19H33IN4O. The number of phenols is 1. The summed E-state index contributed by atoms with van der Waals surface area (Å²) in [4.78, 5) is 9.33. The maximum Gasteiger partial charge on any atom is 0.193 e. The molecule has 25 heavy (non-hydrogen) atoms. The number of nitrogens with zero attached hydrogens (tertiary/aromatic N) is 3. The molecule has 0 unspecified atom stereocenters. The summed E-state index contributed by atoms with van der Waals surface area (Å²) in [5, 5.41) is 12.8. The molecule has 1 aliphatic heterocycles. The van der Waals surface area contributed by atoms with Crippen LogP contribution in [-0.2, 0) is 6.42 Å². The largest absolute Gasteiger partial charge is 0.508 e. The first-order chi connectivity index (χ1) is 11.6. The maximum absolute atomic E-state index is 9.31. The van der Waals surface area contributed by atoms with Crippen molar-refractivity contribution in [3.8, 4) is 5.75 Å². The van der Waals surface area contributed by atoms with Gasteiger partial charge in [0.25, 0.3) is 0 Å². The number of phenolic OH excluding ortho intramolecular Hbond substituents is 1. The molecule has 0 saturated carbocycles. The predicted octanol–water partition coefficient (Wildman–Crippen LogP) is 2.79. The molecule has 0 aromatic heterocycles. The third kappa shape index (κ3) is 7.81. The average molecular weight is 460 g/mol. The topological polar surface area (TPSA) is 51.1 Å². The Balaban J connectivity index is 0.00000312. The Labute approximate surface area is 169 Å². The van der Waals surface area contributed by atoms with Crippen LogP contribution in [0.25, 0.3) is 0 Å². The molecule has 1 aromatic rings. The summed E-state index contributed by atoms with van der Waals surface area (Å²) in [6.45, 7) is 11.0. The van der Waals surface area contributed by atoms with E-state index < -0.39 is 0 Å². The first-order valence-corrected chi connectivity index (χ1v) is 9.04. The molecule has 2 N–H and O–H groups in total. The molecule has 0 amide bonds. The number of rotatable bonds is 6. The highest BCUT2D eigenvalue weighted by molar-refractivity contribution is 14.0. The molecular weight excluding hydrogens is 427 g/mol. The van der Waals surface area contributed by atoms with Crippen molar-refractivity contribution in [2.75, 3.05) is 46.3 Å². The Morgan fingerprint density at radius 2 is 1.80 bits per heavy atom.